The first kappa shape index (κ1) is 17.2. The van der Waals surface area contributed by atoms with Crippen molar-refractivity contribution in [1.29, 1.82) is 0 Å². The predicted octanol–water partition coefficient (Wildman–Crippen LogP) is 3.14. The number of nitrogens with zero attached hydrogens (tertiary/aromatic N) is 1. The first-order valence-corrected chi connectivity index (χ1v) is 7.52. The molecule has 0 atom stereocenters. The van der Waals surface area contributed by atoms with E-state index in [2.05, 4.69) is 4.98 Å². The second kappa shape index (κ2) is 9.12. The van der Waals surface area contributed by atoms with Crippen LogP contribution in [0, 0.1) is 6.92 Å². The minimum absolute atomic E-state index is 0.267. The number of rotatable bonds is 9. The quantitative estimate of drug-likeness (QED) is 0.525. The summed E-state index contributed by atoms with van der Waals surface area (Å²) < 4.78 is 21.5. The zero-order chi connectivity index (χ0) is 16.5. The van der Waals surface area contributed by atoms with E-state index in [0.29, 0.717) is 25.5 Å². The summed E-state index contributed by atoms with van der Waals surface area (Å²) in [4.78, 5) is 4.49. The lowest BCUT2D eigenvalue weighted by Crippen LogP contribution is -2.08. The number of ether oxygens (including phenoxy) is 4. The highest BCUT2D eigenvalue weighted by Crippen LogP contribution is 2.27. The van der Waals surface area contributed by atoms with Gasteiger partial charge in [-0.2, -0.15) is 0 Å². The molecule has 0 amide bonds. The van der Waals surface area contributed by atoms with Crippen molar-refractivity contribution in [3.05, 3.63) is 53.2 Å². The second-order valence-electron chi connectivity index (χ2n) is 5.10. The first-order valence-electron chi connectivity index (χ1n) is 7.52. The van der Waals surface area contributed by atoms with Gasteiger partial charge in [0.05, 0.1) is 19.4 Å². The average molecular weight is 317 g/mol. The third kappa shape index (κ3) is 5.23. The smallest absolute Gasteiger partial charge is 0.213 e. The van der Waals surface area contributed by atoms with Crippen LogP contribution in [0.2, 0.25) is 0 Å². The van der Waals surface area contributed by atoms with E-state index in [4.69, 9.17) is 18.9 Å². The highest BCUT2D eigenvalue weighted by molar-refractivity contribution is 5.40. The van der Waals surface area contributed by atoms with Crippen LogP contribution >= 0.6 is 0 Å². The molecule has 0 aliphatic heterocycles. The number of methoxy groups -OCH3 is 2. The summed E-state index contributed by atoms with van der Waals surface area (Å²) in [6, 6.07) is 11.9. The summed E-state index contributed by atoms with van der Waals surface area (Å²) in [6.45, 7) is 3.27. The molecule has 1 heterocycles. The molecular weight excluding hydrogens is 294 g/mol. The van der Waals surface area contributed by atoms with E-state index < -0.39 is 0 Å². The van der Waals surface area contributed by atoms with Gasteiger partial charge in [-0.25, -0.2) is 4.98 Å². The topological polar surface area (TPSA) is 49.8 Å². The molecule has 0 saturated heterocycles. The molecule has 0 saturated carbocycles. The maximum atomic E-state index is 6.01. The largest absolute Gasteiger partial charge is 0.487 e. The third-order valence-electron chi connectivity index (χ3n) is 3.32. The van der Waals surface area contributed by atoms with Gasteiger partial charge in [0.25, 0.3) is 0 Å². The fraction of sp³-hybridized carbons (Fsp3) is 0.389. The van der Waals surface area contributed by atoms with E-state index >= 15 is 0 Å². The lowest BCUT2D eigenvalue weighted by atomic mass is 10.1. The van der Waals surface area contributed by atoms with Gasteiger partial charge in [0, 0.05) is 19.6 Å². The van der Waals surface area contributed by atoms with E-state index in [1.807, 2.05) is 43.3 Å². The number of hydrogen-bond acceptors (Lipinski definition) is 5. The van der Waals surface area contributed by atoms with Crippen molar-refractivity contribution in [2.45, 2.75) is 20.0 Å². The lowest BCUT2D eigenvalue weighted by molar-refractivity contribution is -0.0294. The number of pyridine rings is 1. The number of aryl methyl sites for hydroxylation is 1. The van der Waals surface area contributed by atoms with Crippen LogP contribution in [0.25, 0.3) is 0 Å². The summed E-state index contributed by atoms with van der Waals surface area (Å²) >= 11 is 0. The van der Waals surface area contributed by atoms with Gasteiger partial charge in [-0.3, -0.25) is 0 Å². The average Bonchev–Trinajstić information content (AvgIpc) is 2.58. The first-order chi connectivity index (χ1) is 11.2. The highest BCUT2D eigenvalue weighted by atomic mass is 16.7. The fourth-order valence-corrected chi connectivity index (χ4v) is 2.21. The minimum Gasteiger partial charge on any atom is -0.487 e. The van der Waals surface area contributed by atoms with Gasteiger partial charge in [0.1, 0.15) is 19.1 Å². The van der Waals surface area contributed by atoms with Crippen molar-refractivity contribution in [2.75, 3.05) is 27.6 Å². The molecule has 23 heavy (non-hydrogen) atoms. The molecule has 0 aliphatic rings. The Hall–Kier alpha value is -2.11. The maximum Gasteiger partial charge on any atom is 0.213 e. The van der Waals surface area contributed by atoms with Crippen LogP contribution in [0.15, 0.2) is 36.4 Å². The maximum absolute atomic E-state index is 6.01. The Labute approximate surface area is 137 Å². The summed E-state index contributed by atoms with van der Waals surface area (Å²) in [6.07, 6.45) is 0.630. The summed E-state index contributed by atoms with van der Waals surface area (Å²) in [7, 11) is 3.21. The third-order valence-corrected chi connectivity index (χ3v) is 3.32. The molecule has 0 spiro atoms. The molecule has 5 heteroatoms. The zero-order valence-electron chi connectivity index (χ0n) is 13.9. The molecule has 1 aromatic heterocycles. The standard InChI is InChI=1S/C18H23NO4/c1-14-11-17(21-3)19-16(9-10-22-13-20-2)18(14)23-12-15-7-5-4-6-8-15/h4-8,11H,9-10,12-13H2,1-3H3. The van der Waals surface area contributed by atoms with Crippen molar-refractivity contribution in [3.63, 3.8) is 0 Å². The Morgan fingerprint density at radius 3 is 2.57 bits per heavy atom. The van der Waals surface area contributed by atoms with E-state index in [1.165, 1.54) is 0 Å². The molecule has 2 aromatic rings. The van der Waals surface area contributed by atoms with Gasteiger partial charge in [-0.05, 0) is 18.1 Å². The molecule has 5 nitrogen and oxygen atoms in total. The molecule has 0 fully saturated rings. The van der Waals surface area contributed by atoms with Gasteiger partial charge in [-0.1, -0.05) is 30.3 Å². The van der Waals surface area contributed by atoms with Crippen LogP contribution in [0.5, 0.6) is 11.6 Å². The van der Waals surface area contributed by atoms with Crippen LogP contribution in [0.1, 0.15) is 16.8 Å². The van der Waals surface area contributed by atoms with Crippen molar-refractivity contribution in [2.24, 2.45) is 0 Å². The van der Waals surface area contributed by atoms with Crippen molar-refractivity contribution in [1.82, 2.24) is 4.98 Å². The molecule has 1 aromatic carbocycles. The highest BCUT2D eigenvalue weighted by Gasteiger charge is 2.12. The predicted molar refractivity (Wildman–Crippen MR) is 87.8 cm³/mol. The van der Waals surface area contributed by atoms with Crippen LogP contribution in [0.3, 0.4) is 0 Å². The molecule has 0 N–H and O–H groups in total. The number of aromatic nitrogens is 1. The van der Waals surface area contributed by atoms with E-state index in [9.17, 15) is 0 Å². The molecule has 124 valence electrons. The fourth-order valence-electron chi connectivity index (χ4n) is 2.21. The van der Waals surface area contributed by atoms with E-state index in [0.717, 1.165) is 22.6 Å². The Bertz CT molecular complexity index is 601. The Kier molecular flexibility index (Phi) is 6.84. The lowest BCUT2D eigenvalue weighted by Gasteiger charge is -2.15. The number of hydrogen-bond donors (Lipinski definition) is 0. The van der Waals surface area contributed by atoms with Crippen LogP contribution in [-0.2, 0) is 22.5 Å². The number of benzene rings is 1. The van der Waals surface area contributed by atoms with Gasteiger partial charge < -0.3 is 18.9 Å². The van der Waals surface area contributed by atoms with Crippen LogP contribution in [-0.4, -0.2) is 32.6 Å². The van der Waals surface area contributed by atoms with Crippen LogP contribution in [0.4, 0.5) is 0 Å². The molecular formula is C18H23NO4. The second-order valence-corrected chi connectivity index (χ2v) is 5.10. The van der Waals surface area contributed by atoms with Crippen molar-refractivity contribution in [3.8, 4) is 11.6 Å². The monoisotopic (exact) mass is 317 g/mol. The van der Waals surface area contributed by atoms with Gasteiger partial charge in [0.15, 0.2) is 0 Å². The molecule has 0 bridgehead atoms. The Balaban J connectivity index is 2.11. The Morgan fingerprint density at radius 1 is 1.09 bits per heavy atom. The van der Waals surface area contributed by atoms with Crippen molar-refractivity contribution < 1.29 is 18.9 Å². The molecule has 0 aliphatic carbocycles. The summed E-state index contributed by atoms with van der Waals surface area (Å²) in [5.74, 6) is 1.37. The normalized spacial score (nSPS) is 10.6. The van der Waals surface area contributed by atoms with E-state index in [-0.39, 0.29) is 6.79 Å². The molecule has 2 rings (SSSR count). The molecule has 0 unspecified atom stereocenters. The van der Waals surface area contributed by atoms with Crippen molar-refractivity contribution >= 4 is 0 Å². The zero-order valence-corrected chi connectivity index (χ0v) is 13.9. The van der Waals surface area contributed by atoms with Gasteiger partial charge in [0.2, 0.25) is 5.88 Å². The minimum atomic E-state index is 0.267. The summed E-state index contributed by atoms with van der Waals surface area (Å²) in [5, 5.41) is 0. The van der Waals surface area contributed by atoms with Gasteiger partial charge >= 0.3 is 0 Å². The van der Waals surface area contributed by atoms with E-state index in [1.54, 1.807) is 14.2 Å². The van der Waals surface area contributed by atoms with Gasteiger partial charge in [-0.15, -0.1) is 0 Å². The summed E-state index contributed by atoms with van der Waals surface area (Å²) in [5.41, 5.74) is 2.94. The Morgan fingerprint density at radius 2 is 1.87 bits per heavy atom. The SMILES string of the molecule is COCOCCc1nc(OC)cc(C)c1OCc1ccccc1. The molecule has 0 radical (unpaired) electrons. The van der Waals surface area contributed by atoms with Crippen LogP contribution < -0.4 is 9.47 Å².